The standard InChI is InChI=1S/C12H16F3N/c1-2-5-9(8-16)10-6-3-4-7-11(10)12(13,14)15/h3-4,6-7,9H,2,5,8,16H2,1H3. The molecule has 0 bridgehead atoms. The van der Waals surface area contributed by atoms with Crippen LogP contribution in [0, 0.1) is 0 Å². The molecule has 1 aromatic rings. The Balaban J connectivity index is 3.11. The Kier molecular flexibility index (Phi) is 4.35. The van der Waals surface area contributed by atoms with Gasteiger partial charge in [-0.25, -0.2) is 0 Å². The van der Waals surface area contributed by atoms with Crippen molar-refractivity contribution in [2.45, 2.75) is 31.9 Å². The van der Waals surface area contributed by atoms with Crippen LogP contribution in [0.15, 0.2) is 24.3 Å². The number of halogens is 3. The Morgan fingerprint density at radius 2 is 1.88 bits per heavy atom. The van der Waals surface area contributed by atoms with Gasteiger partial charge in [0.2, 0.25) is 0 Å². The lowest BCUT2D eigenvalue weighted by Crippen LogP contribution is -2.17. The van der Waals surface area contributed by atoms with Gasteiger partial charge in [0.25, 0.3) is 0 Å². The number of alkyl halides is 3. The highest BCUT2D eigenvalue weighted by Gasteiger charge is 2.34. The first-order valence-corrected chi connectivity index (χ1v) is 5.36. The van der Waals surface area contributed by atoms with E-state index in [0.29, 0.717) is 12.0 Å². The van der Waals surface area contributed by atoms with E-state index in [0.717, 1.165) is 12.5 Å². The van der Waals surface area contributed by atoms with Crippen molar-refractivity contribution in [1.29, 1.82) is 0 Å². The molecule has 0 amide bonds. The van der Waals surface area contributed by atoms with Gasteiger partial charge < -0.3 is 5.73 Å². The molecule has 16 heavy (non-hydrogen) atoms. The summed E-state index contributed by atoms with van der Waals surface area (Å²) in [5.41, 5.74) is 5.30. The Hall–Kier alpha value is -1.03. The summed E-state index contributed by atoms with van der Waals surface area (Å²) in [6.07, 6.45) is -2.78. The smallest absolute Gasteiger partial charge is 0.330 e. The first-order chi connectivity index (χ1) is 7.50. The van der Waals surface area contributed by atoms with E-state index in [9.17, 15) is 13.2 Å². The maximum Gasteiger partial charge on any atom is 0.416 e. The molecular weight excluding hydrogens is 215 g/mol. The second-order valence-electron chi connectivity index (χ2n) is 3.81. The fourth-order valence-electron chi connectivity index (χ4n) is 1.86. The molecule has 1 rings (SSSR count). The molecule has 1 unspecified atom stereocenters. The first-order valence-electron chi connectivity index (χ1n) is 5.36. The molecule has 4 heteroatoms. The number of hydrogen-bond acceptors (Lipinski definition) is 1. The number of rotatable bonds is 4. The van der Waals surface area contributed by atoms with Gasteiger partial charge in [-0.3, -0.25) is 0 Å². The van der Waals surface area contributed by atoms with E-state index in [2.05, 4.69) is 0 Å². The van der Waals surface area contributed by atoms with Crippen LogP contribution in [0.3, 0.4) is 0 Å². The van der Waals surface area contributed by atoms with Crippen molar-refractivity contribution >= 4 is 0 Å². The van der Waals surface area contributed by atoms with Crippen molar-refractivity contribution in [3.05, 3.63) is 35.4 Å². The maximum atomic E-state index is 12.7. The van der Waals surface area contributed by atoms with Gasteiger partial charge in [-0.2, -0.15) is 13.2 Å². The molecule has 0 saturated carbocycles. The maximum absolute atomic E-state index is 12.7. The van der Waals surface area contributed by atoms with Crippen LogP contribution in [-0.4, -0.2) is 6.54 Å². The van der Waals surface area contributed by atoms with Crippen molar-refractivity contribution < 1.29 is 13.2 Å². The molecule has 0 aliphatic carbocycles. The third-order valence-electron chi connectivity index (χ3n) is 2.63. The van der Waals surface area contributed by atoms with Gasteiger partial charge in [0.1, 0.15) is 0 Å². The molecule has 0 aromatic heterocycles. The monoisotopic (exact) mass is 231 g/mol. The van der Waals surface area contributed by atoms with Gasteiger partial charge >= 0.3 is 6.18 Å². The van der Waals surface area contributed by atoms with Crippen molar-refractivity contribution in [2.75, 3.05) is 6.54 Å². The molecule has 0 spiro atoms. The van der Waals surface area contributed by atoms with Crippen LogP contribution < -0.4 is 5.73 Å². The predicted octanol–water partition coefficient (Wildman–Crippen LogP) is 3.55. The number of benzene rings is 1. The number of hydrogen-bond donors (Lipinski definition) is 1. The minimum atomic E-state index is -4.29. The van der Waals surface area contributed by atoms with Crippen LogP contribution >= 0.6 is 0 Å². The van der Waals surface area contributed by atoms with Crippen LogP contribution in [0.5, 0.6) is 0 Å². The summed E-state index contributed by atoms with van der Waals surface area (Å²) in [6, 6.07) is 5.68. The second kappa shape index (κ2) is 5.34. The molecule has 0 fully saturated rings. The lowest BCUT2D eigenvalue weighted by atomic mass is 9.90. The molecule has 0 saturated heterocycles. The topological polar surface area (TPSA) is 26.0 Å². The molecule has 1 atom stereocenters. The molecule has 90 valence electrons. The minimum absolute atomic E-state index is 0.206. The third kappa shape index (κ3) is 2.98. The molecule has 2 N–H and O–H groups in total. The van der Waals surface area contributed by atoms with E-state index in [-0.39, 0.29) is 12.5 Å². The SMILES string of the molecule is CCCC(CN)c1ccccc1C(F)(F)F. The molecule has 0 aliphatic heterocycles. The summed E-state index contributed by atoms with van der Waals surface area (Å²) in [5, 5.41) is 0. The third-order valence-corrected chi connectivity index (χ3v) is 2.63. The Morgan fingerprint density at radius 1 is 1.25 bits per heavy atom. The van der Waals surface area contributed by atoms with Crippen LogP contribution in [-0.2, 0) is 6.18 Å². The lowest BCUT2D eigenvalue weighted by Gasteiger charge is -2.19. The molecule has 0 radical (unpaired) electrons. The largest absolute Gasteiger partial charge is 0.416 e. The van der Waals surface area contributed by atoms with Gasteiger partial charge in [0.15, 0.2) is 0 Å². The molecule has 0 heterocycles. The van der Waals surface area contributed by atoms with E-state index in [1.54, 1.807) is 6.07 Å². The summed E-state index contributed by atoms with van der Waals surface area (Å²) < 4.78 is 38.2. The van der Waals surface area contributed by atoms with Gasteiger partial charge in [-0.15, -0.1) is 0 Å². The average molecular weight is 231 g/mol. The summed E-state index contributed by atoms with van der Waals surface area (Å²) in [4.78, 5) is 0. The first kappa shape index (κ1) is 13.0. The zero-order valence-electron chi connectivity index (χ0n) is 9.22. The van der Waals surface area contributed by atoms with E-state index in [1.807, 2.05) is 6.92 Å². The summed E-state index contributed by atoms with van der Waals surface area (Å²) >= 11 is 0. The zero-order chi connectivity index (χ0) is 12.2. The predicted molar refractivity (Wildman–Crippen MR) is 58.1 cm³/mol. The Bertz CT molecular complexity index is 333. The van der Waals surface area contributed by atoms with E-state index in [1.165, 1.54) is 12.1 Å². The van der Waals surface area contributed by atoms with E-state index in [4.69, 9.17) is 5.73 Å². The zero-order valence-corrected chi connectivity index (χ0v) is 9.22. The molecule has 1 nitrogen and oxygen atoms in total. The van der Waals surface area contributed by atoms with Gasteiger partial charge in [-0.05, 0) is 30.5 Å². The van der Waals surface area contributed by atoms with E-state index >= 15 is 0 Å². The Labute approximate surface area is 93.5 Å². The summed E-state index contributed by atoms with van der Waals surface area (Å²) in [6.45, 7) is 2.19. The van der Waals surface area contributed by atoms with Gasteiger partial charge in [-0.1, -0.05) is 31.5 Å². The highest BCUT2D eigenvalue weighted by Crippen LogP contribution is 2.36. The quantitative estimate of drug-likeness (QED) is 0.842. The van der Waals surface area contributed by atoms with Crippen molar-refractivity contribution in [1.82, 2.24) is 0 Å². The van der Waals surface area contributed by atoms with Crippen molar-refractivity contribution in [3.63, 3.8) is 0 Å². The molecule has 0 aliphatic rings. The minimum Gasteiger partial charge on any atom is -0.330 e. The van der Waals surface area contributed by atoms with Crippen LogP contribution in [0.25, 0.3) is 0 Å². The second-order valence-corrected chi connectivity index (χ2v) is 3.81. The fourth-order valence-corrected chi connectivity index (χ4v) is 1.86. The van der Waals surface area contributed by atoms with Crippen molar-refractivity contribution in [3.8, 4) is 0 Å². The Morgan fingerprint density at radius 3 is 2.38 bits per heavy atom. The normalized spacial score (nSPS) is 13.8. The van der Waals surface area contributed by atoms with Gasteiger partial charge in [0, 0.05) is 0 Å². The van der Waals surface area contributed by atoms with Crippen LogP contribution in [0.1, 0.15) is 36.8 Å². The van der Waals surface area contributed by atoms with Gasteiger partial charge in [0.05, 0.1) is 5.56 Å². The summed E-state index contributed by atoms with van der Waals surface area (Å²) in [7, 11) is 0. The van der Waals surface area contributed by atoms with Crippen LogP contribution in [0.2, 0.25) is 0 Å². The summed E-state index contributed by atoms with van der Waals surface area (Å²) in [5.74, 6) is -0.206. The number of nitrogens with two attached hydrogens (primary N) is 1. The lowest BCUT2D eigenvalue weighted by molar-refractivity contribution is -0.138. The fraction of sp³-hybridized carbons (Fsp3) is 0.500. The van der Waals surface area contributed by atoms with Crippen molar-refractivity contribution in [2.24, 2.45) is 5.73 Å². The average Bonchev–Trinajstić information content (AvgIpc) is 2.25. The van der Waals surface area contributed by atoms with E-state index < -0.39 is 11.7 Å². The van der Waals surface area contributed by atoms with Crippen LogP contribution in [0.4, 0.5) is 13.2 Å². The highest BCUT2D eigenvalue weighted by molar-refractivity contribution is 5.32. The molecule has 1 aromatic carbocycles. The highest BCUT2D eigenvalue weighted by atomic mass is 19.4. The molecular formula is C12H16F3N.